The van der Waals surface area contributed by atoms with Gasteiger partial charge in [0.2, 0.25) is 0 Å². The normalized spacial score (nSPS) is 10.1. The van der Waals surface area contributed by atoms with Crippen LogP contribution in [-0.2, 0) is 0 Å². The molecule has 1 aromatic carbocycles. The predicted octanol–water partition coefficient (Wildman–Crippen LogP) is 1.96. The minimum absolute atomic E-state index is 0.0506. The maximum atomic E-state index is 12.7. The Bertz CT molecular complexity index is 673. The van der Waals surface area contributed by atoms with Gasteiger partial charge in [-0.2, -0.15) is 0 Å². The summed E-state index contributed by atoms with van der Waals surface area (Å²) < 4.78 is 12.7. The first kappa shape index (κ1) is 13.4. The summed E-state index contributed by atoms with van der Waals surface area (Å²) in [4.78, 5) is 25.7. The summed E-state index contributed by atoms with van der Waals surface area (Å²) in [7, 11) is 0. The highest BCUT2D eigenvalue weighted by Gasteiger charge is 2.19. The van der Waals surface area contributed by atoms with Crippen molar-refractivity contribution in [2.24, 2.45) is 0 Å². The van der Waals surface area contributed by atoms with Crippen LogP contribution in [0.1, 0.15) is 10.4 Å². The highest BCUT2D eigenvalue weighted by atomic mass is 19.1. The molecule has 7 nitrogen and oxygen atoms in total. The van der Waals surface area contributed by atoms with E-state index < -0.39 is 16.6 Å². The molecule has 0 atom stereocenters. The zero-order valence-electron chi connectivity index (χ0n) is 10.0. The number of nitrogens with zero attached hydrogens (tertiary/aromatic N) is 2. The van der Waals surface area contributed by atoms with Crippen molar-refractivity contribution in [3.8, 4) is 0 Å². The Labute approximate surface area is 112 Å². The van der Waals surface area contributed by atoms with E-state index in [4.69, 9.17) is 5.73 Å². The van der Waals surface area contributed by atoms with Crippen LogP contribution in [0.4, 0.5) is 21.6 Å². The summed E-state index contributed by atoms with van der Waals surface area (Å²) in [5.41, 5.74) is 4.93. The minimum atomic E-state index is -0.678. The van der Waals surface area contributed by atoms with Crippen LogP contribution in [0, 0.1) is 15.9 Å². The summed E-state index contributed by atoms with van der Waals surface area (Å²) in [5, 5.41) is 13.1. The van der Waals surface area contributed by atoms with Gasteiger partial charge in [0.25, 0.3) is 11.6 Å². The number of pyridine rings is 1. The number of carbonyl (C=O) groups excluding carboxylic acids is 1. The van der Waals surface area contributed by atoms with E-state index in [0.29, 0.717) is 0 Å². The van der Waals surface area contributed by atoms with Gasteiger partial charge in [-0.3, -0.25) is 14.9 Å². The van der Waals surface area contributed by atoms with Crippen LogP contribution < -0.4 is 11.1 Å². The summed E-state index contributed by atoms with van der Waals surface area (Å²) in [6.07, 6.45) is 0.937. The number of nitrogens with two attached hydrogens (primary N) is 1. The van der Waals surface area contributed by atoms with Crippen molar-refractivity contribution < 1.29 is 14.1 Å². The molecule has 0 radical (unpaired) electrons. The molecule has 0 bridgehead atoms. The van der Waals surface area contributed by atoms with Gasteiger partial charge < -0.3 is 11.1 Å². The van der Waals surface area contributed by atoms with Crippen molar-refractivity contribution in [2.75, 3.05) is 11.1 Å². The first-order chi connectivity index (χ1) is 9.49. The monoisotopic (exact) mass is 276 g/mol. The number of amides is 1. The van der Waals surface area contributed by atoms with Crippen molar-refractivity contribution in [3.05, 3.63) is 58.0 Å². The van der Waals surface area contributed by atoms with Gasteiger partial charge in [0, 0.05) is 6.07 Å². The second-order valence-electron chi connectivity index (χ2n) is 3.81. The molecule has 1 heterocycles. The van der Waals surface area contributed by atoms with E-state index >= 15 is 0 Å². The topological polar surface area (TPSA) is 111 Å². The zero-order chi connectivity index (χ0) is 14.7. The fourth-order valence-corrected chi connectivity index (χ4v) is 1.54. The van der Waals surface area contributed by atoms with E-state index in [1.165, 1.54) is 24.3 Å². The summed E-state index contributed by atoms with van der Waals surface area (Å²) in [5.74, 6) is -1.09. The quantitative estimate of drug-likeness (QED) is 0.505. The highest BCUT2D eigenvalue weighted by Crippen LogP contribution is 2.25. The second kappa shape index (κ2) is 5.31. The van der Waals surface area contributed by atoms with Crippen molar-refractivity contribution >= 4 is 23.1 Å². The van der Waals surface area contributed by atoms with E-state index in [1.807, 2.05) is 0 Å². The Morgan fingerprint density at radius 3 is 2.70 bits per heavy atom. The number of hydrogen-bond donors (Lipinski definition) is 2. The van der Waals surface area contributed by atoms with Crippen LogP contribution >= 0.6 is 0 Å². The number of hydrogen-bond acceptors (Lipinski definition) is 5. The zero-order valence-corrected chi connectivity index (χ0v) is 10.0. The van der Waals surface area contributed by atoms with Gasteiger partial charge in [-0.05, 0) is 18.2 Å². The fourth-order valence-electron chi connectivity index (χ4n) is 1.54. The molecular weight excluding hydrogens is 267 g/mol. The van der Waals surface area contributed by atoms with Gasteiger partial charge in [0.1, 0.15) is 17.3 Å². The molecule has 1 aromatic heterocycles. The molecule has 0 saturated carbocycles. The third-order valence-corrected chi connectivity index (χ3v) is 2.49. The summed E-state index contributed by atoms with van der Waals surface area (Å²) in [6.45, 7) is 0. The van der Waals surface area contributed by atoms with E-state index in [-0.39, 0.29) is 22.8 Å². The van der Waals surface area contributed by atoms with Crippen molar-refractivity contribution in [1.29, 1.82) is 0 Å². The summed E-state index contributed by atoms with van der Waals surface area (Å²) >= 11 is 0. The van der Waals surface area contributed by atoms with Gasteiger partial charge in [-0.25, -0.2) is 9.37 Å². The molecule has 0 unspecified atom stereocenters. The first-order valence-electron chi connectivity index (χ1n) is 5.45. The number of anilines is 2. The molecule has 0 aliphatic rings. The maximum Gasteiger partial charge on any atom is 0.292 e. The van der Waals surface area contributed by atoms with Crippen molar-refractivity contribution in [1.82, 2.24) is 4.98 Å². The lowest BCUT2D eigenvalue weighted by Crippen LogP contribution is -2.15. The van der Waals surface area contributed by atoms with Crippen molar-refractivity contribution in [3.63, 3.8) is 0 Å². The lowest BCUT2D eigenvalue weighted by atomic mass is 10.1. The van der Waals surface area contributed by atoms with Crippen LogP contribution in [0.5, 0.6) is 0 Å². The molecule has 102 valence electrons. The lowest BCUT2D eigenvalue weighted by molar-refractivity contribution is -0.383. The molecule has 1 amide bonds. The number of benzene rings is 1. The smallest absolute Gasteiger partial charge is 0.292 e. The second-order valence-corrected chi connectivity index (χ2v) is 3.81. The molecule has 0 spiro atoms. The third-order valence-electron chi connectivity index (χ3n) is 2.49. The van der Waals surface area contributed by atoms with Gasteiger partial charge in [0.05, 0.1) is 16.7 Å². The lowest BCUT2D eigenvalue weighted by Gasteiger charge is -2.06. The third kappa shape index (κ3) is 2.69. The number of nitrogens with one attached hydrogen (secondary N) is 1. The van der Waals surface area contributed by atoms with E-state index in [9.17, 15) is 19.3 Å². The number of nitro benzene ring substituents is 1. The average Bonchev–Trinajstić information content (AvgIpc) is 2.41. The Kier molecular flexibility index (Phi) is 3.56. The number of nitrogen functional groups attached to an aromatic ring is 1. The number of nitro groups is 1. The first-order valence-corrected chi connectivity index (χ1v) is 5.45. The molecule has 20 heavy (non-hydrogen) atoms. The van der Waals surface area contributed by atoms with Gasteiger partial charge >= 0.3 is 0 Å². The molecular formula is C12H9FN4O3. The van der Waals surface area contributed by atoms with Gasteiger partial charge in [-0.15, -0.1) is 0 Å². The number of halogens is 1. The fraction of sp³-hybridized carbons (Fsp3) is 0. The van der Waals surface area contributed by atoms with Crippen LogP contribution in [0.25, 0.3) is 0 Å². The maximum absolute atomic E-state index is 12.7. The van der Waals surface area contributed by atoms with Crippen LogP contribution in [0.2, 0.25) is 0 Å². The Hall–Kier alpha value is -3.03. The standard InChI is InChI=1S/C12H9FN4O3/c13-7-4-5-10(15-6-7)16-12(18)8-2-1-3-9(11(8)14)17(19)20/h1-6H,14H2,(H,15,16,18). The highest BCUT2D eigenvalue weighted by molar-refractivity contribution is 6.08. The molecule has 3 N–H and O–H groups in total. The number of aromatic nitrogens is 1. The SMILES string of the molecule is Nc1c(C(=O)Nc2ccc(F)cn2)cccc1[N+](=O)[O-]. The van der Waals surface area contributed by atoms with Crippen LogP contribution in [-0.4, -0.2) is 15.8 Å². The molecule has 0 saturated heterocycles. The molecule has 0 aliphatic heterocycles. The van der Waals surface area contributed by atoms with E-state index in [0.717, 1.165) is 12.3 Å². The number of para-hydroxylation sites is 1. The molecule has 8 heteroatoms. The number of carbonyl (C=O) groups is 1. The number of rotatable bonds is 3. The Morgan fingerprint density at radius 2 is 2.10 bits per heavy atom. The minimum Gasteiger partial charge on any atom is -0.393 e. The summed E-state index contributed by atoms with van der Waals surface area (Å²) in [6, 6.07) is 6.28. The van der Waals surface area contributed by atoms with Crippen LogP contribution in [0.15, 0.2) is 36.5 Å². The van der Waals surface area contributed by atoms with Crippen molar-refractivity contribution in [2.45, 2.75) is 0 Å². The largest absolute Gasteiger partial charge is 0.393 e. The molecule has 2 aromatic rings. The molecule has 0 aliphatic carbocycles. The predicted molar refractivity (Wildman–Crippen MR) is 69.7 cm³/mol. The van der Waals surface area contributed by atoms with E-state index in [1.54, 1.807) is 0 Å². The van der Waals surface area contributed by atoms with Gasteiger partial charge in [0.15, 0.2) is 0 Å². The van der Waals surface area contributed by atoms with Gasteiger partial charge in [-0.1, -0.05) is 6.07 Å². The van der Waals surface area contributed by atoms with E-state index in [2.05, 4.69) is 10.3 Å². The average molecular weight is 276 g/mol. The Balaban J connectivity index is 2.28. The van der Waals surface area contributed by atoms with Crippen LogP contribution in [0.3, 0.4) is 0 Å². The molecule has 0 fully saturated rings. The Morgan fingerprint density at radius 1 is 1.35 bits per heavy atom. The molecule has 2 rings (SSSR count).